The summed E-state index contributed by atoms with van der Waals surface area (Å²) in [5.74, 6) is 0.665. The Labute approximate surface area is 216 Å². The van der Waals surface area contributed by atoms with Gasteiger partial charge < -0.3 is 9.47 Å². The molecule has 31 heavy (non-hydrogen) atoms. The van der Waals surface area contributed by atoms with Crippen LogP contribution in [0.5, 0.6) is 5.75 Å². The highest BCUT2D eigenvalue weighted by Gasteiger charge is 2.25. The minimum Gasteiger partial charge on any atom is -0.487 e. The molecular formula is C24H16BrI2NO3. The minimum atomic E-state index is -0.462. The van der Waals surface area contributed by atoms with Crippen LogP contribution in [0.1, 0.15) is 22.3 Å². The molecule has 0 aromatic heterocycles. The zero-order valence-electron chi connectivity index (χ0n) is 16.4. The number of nitrogens with zero attached hydrogens (tertiary/aromatic N) is 1. The van der Waals surface area contributed by atoms with Crippen LogP contribution in [0.4, 0.5) is 0 Å². The van der Waals surface area contributed by atoms with Gasteiger partial charge >= 0.3 is 5.97 Å². The van der Waals surface area contributed by atoms with Crippen LogP contribution >= 0.6 is 61.1 Å². The molecule has 0 spiro atoms. The molecule has 1 aliphatic heterocycles. The summed E-state index contributed by atoms with van der Waals surface area (Å²) in [5, 5.41) is 0. The Bertz CT molecular complexity index is 1210. The number of benzene rings is 3. The minimum absolute atomic E-state index is 0.269. The van der Waals surface area contributed by atoms with Crippen molar-refractivity contribution in [3.63, 3.8) is 0 Å². The highest BCUT2D eigenvalue weighted by Crippen LogP contribution is 2.31. The molecule has 0 saturated heterocycles. The van der Waals surface area contributed by atoms with Crippen LogP contribution < -0.4 is 4.74 Å². The van der Waals surface area contributed by atoms with Crippen molar-refractivity contribution in [2.75, 3.05) is 0 Å². The Balaban J connectivity index is 1.57. The number of carbonyl (C=O) groups is 1. The van der Waals surface area contributed by atoms with Crippen molar-refractivity contribution < 1.29 is 14.3 Å². The van der Waals surface area contributed by atoms with Crippen LogP contribution in [-0.2, 0) is 16.1 Å². The van der Waals surface area contributed by atoms with E-state index in [-0.39, 0.29) is 5.70 Å². The first-order valence-electron chi connectivity index (χ1n) is 9.35. The van der Waals surface area contributed by atoms with E-state index in [1.165, 1.54) is 5.56 Å². The zero-order valence-corrected chi connectivity index (χ0v) is 22.3. The fraction of sp³-hybridized carbons (Fsp3) is 0.0833. The number of rotatable bonds is 5. The molecule has 0 bridgehead atoms. The average Bonchev–Trinajstić information content (AvgIpc) is 3.08. The fourth-order valence-electron chi connectivity index (χ4n) is 3.08. The third-order valence-electron chi connectivity index (χ3n) is 4.51. The van der Waals surface area contributed by atoms with Crippen molar-refractivity contribution >= 4 is 79.1 Å². The number of halogens is 3. The van der Waals surface area contributed by atoms with Gasteiger partial charge in [0.2, 0.25) is 5.90 Å². The molecule has 0 atom stereocenters. The third-order valence-corrected chi connectivity index (χ3v) is 6.81. The largest absolute Gasteiger partial charge is 0.487 e. The molecule has 4 nitrogen and oxygen atoms in total. The normalized spacial score (nSPS) is 14.5. The number of cyclic esters (lactones) is 1. The topological polar surface area (TPSA) is 47.9 Å². The summed E-state index contributed by atoms with van der Waals surface area (Å²) in [6, 6.07) is 19.7. The van der Waals surface area contributed by atoms with Crippen LogP contribution in [-0.4, -0.2) is 11.9 Å². The standard InChI is InChI=1S/C24H16BrI2NO3/c1-14-5-4-6-15(9-14)13-30-22-19(26)10-16(11-20(22)27)12-21-24(29)31-23(28-21)17-7-2-3-8-18(17)25/h2-12H,13H2,1H3/b21-12-. The van der Waals surface area contributed by atoms with Gasteiger partial charge in [-0.1, -0.05) is 42.0 Å². The van der Waals surface area contributed by atoms with Gasteiger partial charge in [0.25, 0.3) is 0 Å². The maximum atomic E-state index is 12.3. The van der Waals surface area contributed by atoms with E-state index >= 15 is 0 Å². The molecule has 4 rings (SSSR count). The molecule has 156 valence electrons. The summed E-state index contributed by atoms with van der Waals surface area (Å²) < 4.78 is 14.2. The lowest BCUT2D eigenvalue weighted by molar-refractivity contribution is -0.129. The van der Waals surface area contributed by atoms with Gasteiger partial charge in [0.15, 0.2) is 5.70 Å². The highest BCUT2D eigenvalue weighted by atomic mass is 127. The van der Waals surface area contributed by atoms with Gasteiger partial charge in [0, 0.05) is 4.47 Å². The van der Waals surface area contributed by atoms with Gasteiger partial charge in [-0.3, -0.25) is 0 Å². The Morgan fingerprint density at radius 2 is 1.81 bits per heavy atom. The van der Waals surface area contributed by atoms with E-state index in [0.717, 1.165) is 34.1 Å². The molecule has 0 aliphatic carbocycles. The maximum Gasteiger partial charge on any atom is 0.363 e. The fourth-order valence-corrected chi connectivity index (χ4v) is 5.66. The second-order valence-corrected chi connectivity index (χ2v) is 10.1. The number of hydrogen-bond acceptors (Lipinski definition) is 4. The molecule has 1 aliphatic rings. The van der Waals surface area contributed by atoms with Crippen molar-refractivity contribution in [3.05, 3.63) is 100 Å². The molecule has 0 amide bonds. The molecule has 0 radical (unpaired) electrons. The van der Waals surface area contributed by atoms with Crippen LogP contribution in [0.15, 0.2) is 75.8 Å². The quantitative estimate of drug-likeness (QED) is 0.166. The van der Waals surface area contributed by atoms with Gasteiger partial charge in [-0.05, 0) is 110 Å². The van der Waals surface area contributed by atoms with Crippen molar-refractivity contribution in [2.24, 2.45) is 4.99 Å². The highest BCUT2D eigenvalue weighted by molar-refractivity contribution is 14.1. The van der Waals surface area contributed by atoms with Crippen LogP contribution in [0.2, 0.25) is 0 Å². The van der Waals surface area contributed by atoms with E-state index in [4.69, 9.17) is 9.47 Å². The van der Waals surface area contributed by atoms with E-state index in [2.05, 4.69) is 91.2 Å². The first-order valence-corrected chi connectivity index (χ1v) is 12.3. The average molecular weight is 700 g/mol. The molecule has 1 heterocycles. The second kappa shape index (κ2) is 9.83. The number of aryl methyl sites for hydroxylation is 1. The van der Waals surface area contributed by atoms with Gasteiger partial charge in [0.1, 0.15) is 12.4 Å². The van der Waals surface area contributed by atoms with E-state index in [1.807, 2.05) is 42.5 Å². The lowest BCUT2D eigenvalue weighted by atomic mass is 10.1. The maximum absolute atomic E-state index is 12.3. The zero-order chi connectivity index (χ0) is 22.0. The van der Waals surface area contributed by atoms with Gasteiger partial charge in [-0.15, -0.1) is 0 Å². The smallest absolute Gasteiger partial charge is 0.363 e. The van der Waals surface area contributed by atoms with E-state index in [9.17, 15) is 4.79 Å². The third kappa shape index (κ3) is 5.38. The Kier molecular flexibility index (Phi) is 7.12. The van der Waals surface area contributed by atoms with E-state index < -0.39 is 5.97 Å². The van der Waals surface area contributed by atoms with Crippen molar-refractivity contribution in [1.29, 1.82) is 0 Å². The first-order chi connectivity index (χ1) is 14.9. The van der Waals surface area contributed by atoms with Gasteiger partial charge in [-0.2, -0.15) is 0 Å². The van der Waals surface area contributed by atoms with Crippen molar-refractivity contribution in [2.45, 2.75) is 13.5 Å². The number of ether oxygens (including phenoxy) is 2. The van der Waals surface area contributed by atoms with Crippen LogP contribution in [0.3, 0.4) is 0 Å². The Hall–Kier alpha value is -1.72. The molecule has 0 saturated carbocycles. The van der Waals surface area contributed by atoms with E-state index in [0.29, 0.717) is 12.5 Å². The van der Waals surface area contributed by atoms with Gasteiger partial charge in [0.05, 0.1) is 12.7 Å². The summed E-state index contributed by atoms with van der Waals surface area (Å²) in [5.41, 5.74) is 4.20. The SMILES string of the molecule is Cc1cccc(COc2c(I)cc(/C=C3\N=C(c4ccccc4Br)OC3=O)cc2I)c1. The summed E-state index contributed by atoms with van der Waals surface area (Å²) in [6.45, 7) is 2.57. The number of hydrogen-bond donors (Lipinski definition) is 0. The molecule has 7 heteroatoms. The summed E-state index contributed by atoms with van der Waals surface area (Å²) >= 11 is 7.97. The summed E-state index contributed by atoms with van der Waals surface area (Å²) in [4.78, 5) is 16.7. The number of carbonyl (C=O) groups excluding carboxylic acids is 1. The monoisotopic (exact) mass is 699 g/mol. The molecule has 3 aromatic carbocycles. The molecule has 0 fully saturated rings. The summed E-state index contributed by atoms with van der Waals surface area (Å²) in [7, 11) is 0. The van der Waals surface area contributed by atoms with Gasteiger partial charge in [-0.25, -0.2) is 9.79 Å². The predicted molar refractivity (Wildman–Crippen MR) is 142 cm³/mol. The molecule has 3 aromatic rings. The van der Waals surface area contributed by atoms with Crippen LogP contribution in [0.25, 0.3) is 6.08 Å². The van der Waals surface area contributed by atoms with Crippen molar-refractivity contribution in [3.8, 4) is 5.75 Å². The Morgan fingerprint density at radius 1 is 1.06 bits per heavy atom. The summed E-state index contributed by atoms with van der Waals surface area (Å²) in [6.07, 6.45) is 1.74. The van der Waals surface area contributed by atoms with Crippen molar-refractivity contribution in [1.82, 2.24) is 0 Å². The van der Waals surface area contributed by atoms with E-state index in [1.54, 1.807) is 6.08 Å². The number of aliphatic imine (C=N–C) groups is 1. The predicted octanol–water partition coefficient (Wildman–Crippen LogP) is 6.89. The Morgan fingerprint density at radius 3 is 2.52 bits per heavy atom. The molecular weight excluding hydrogens is 684 g/mol. The first kappa shape index (κ1) is 22.5. The second-order valence-electron chi connectivity index (χ2n) is 6.91. The van der Waals surface area contributed by atoms with Crippen LogP contribution in [0, 0.1) is 14.1 Å². The lowest BCUT2D eigenvalue weighted by Gasteiger charge is -2.12. The lowest BCUT2D eigenvalue weighted by Crippen LogP contribution is -2.05. The molecule has 0 unspecified atom stereocenters. The number of esters is 1. The molecule has 0 N–H and O–H groups in total.